The highest BCUT2D eigenvalue weighted by Gasteiger charge is 2.31. The molecule has 0 heterocycles. The van der Waals surface area contributed by atoms with E-state index in [1.165, 1.54) is 0 Å². The fourth-order valence-corrected chi connectivity index (χ4v) is 1.67. The van der Waals surface area contributed by atoms with Crippen LogP contribution in [0.2, 0.25) is 0 Å². The van der Waals surface area contributed by atoms with Crippen molar-refractivity contribution < 1.29 is 9.53 Å². The van der Waals surface area contributed by atoms with E-state index in [0.717, 1.165) is 13.1 Å². The van der Waals surface area contributed by atoms with Gasteiger partial charge in [0.2, 0.25) is 5.91 Å². The molecule has 102 valence electrons. The largest absolute Gasteiger partial charge is 0.377 e. The smallest absolute Gasteiger partial charge is 0.238 e. The third kappa shape index (κ3) is 6.61. The molecule has 1 amide bonds. The standard InChI is InChI=1S/C12H27N3O2/c1-6-14-12(4,11(13)16)9-15(5)7-8-17-10(2)3/h10,14H,6-9H2,1-5H3,(H2,13,16). The number of nitrogens with one attached hydrogen (secondary N) is 1. The monoisotopic (exact) mass is 245 g/mol. The summed E-state index contributed by atoms with van der Waals surface area (Å²) in [5, 5.41) is 3.13. The number of rotatable bonds is 9. The highest BCUT2D eigenvalue weighted by molar-refractivity contribution is 5.84. The number of hydrogen-bond donors (Lipinski definition) is 2. The minimum absolute atomic E-state index is 0.236. The molecule has 0 saturated heterocycles. The number of ether oxygens (including phenoxy) is 1. The Kier molecular flexibility index (Phi) is 7.34. The maximum Gasteiger partial charge on any atom is 0.238 e. The summed E-state index contributed by atoms with van der Waals surface area (Å²) in [6.07, 6.45) is 0.236. The van der Waals surface area contributed by atoms with Gasteiger partial charge in [0.15, 0.2) is 0 Å². The van der Waals surface area contributed by atoms with Gasteiger partial charge in [0.05, 0.1) is 12.7 Å². The van der Waals surface area contributed by atoms with Crippen LogP contribution in [0.1, 0.15) is 27.7 Å². The number of hydrogen-bond acceptors (Lipinski definition) is 4. The normalized spacial score (nSPS) is 15.2. The summed E-state index contributed by atoms with van der Waals surface area (Å²) in [6, 6.07) is 0. The predicted molar refractivity (Wildman–Crippen MR) is 69.9 cm³/mol. The lowest BCUT2D eigenvalue weighted by Crippen LogP contribution is -2.59. The van der Waals surface area contributed by atoms with Crippen LogP contribution in [0.4, 0.5) is 0 Å². The van der Waals surface area contributed by atoms with Crippen LogP contribution in [0.5, 0.6) is 0 Å². The maximum atomic E-state index is 11.4. The van der Waals surface area contributed by atoms with Crippen LogP contribution in [0.3, 0.4) is 0 Å². The summed E-state index contributed by atoms with van der Waals surface area (Å²) in [5.41, 5.74) is 4.74. The quantitative estimate of drug-likeness (QED) is 0.609. The zero-order valence-electron chi connectivity index (χ0n) is 11.7. The fourth-order valence-electron chi connectivity index (χ4n) is 1.67. The molecule has 1 atom stereocenters. The molecular weight excluding hydrogens is 218 g/mol. The zero-order valence-corrected chi connectivity index (χ0v) is 11.7. The van der Waals surface area contributed by atoms with Crippen LogP contribution in [-0.2, 0) is 9.53 Å². The van der Waals surface area contributed by atoms with Crippen molar-refractivity contribution in [1.82, 2.24) is 10.2 Å². The Balaban J connectivity index is 4.13. The fraction of sp³-hybridized carbons (Fsp3) is 0.917. The van der Waals surface area contributed by atoms with Gasteiger partial charge in [-0.3, -0.25) is 4.79 Å². The maximum absolute atomic E-state index is 11.4. The number of likely N-dealkylation sites (N-methyl/N-ethyl adjacent to an activating group) is 2. The molecule has 0 aromatic heterocycles. The SMILES string of the molecule is CCNC(C)(CN(C)CCOC(C)C)C(N)=O. The highest BCUT2D eigenvalue weighted by Crippen LogP contribution is 2.05. The first-order valence-electron chi connectivity index (χ1n) is 6.17. The van der Waals surface area contributed by atoms with Crippen molar-refractivity contribution in [2.75, 3.05) is 33.3 Å². The van der Waals surface area contributed by atoms with Gasteiger partial charge < -0.3 is 20.7 Å². The summed E-state index contributed by atoms with van der Waals surface area (Å²) >= 11 is 0. The van der Waals surface area contributed by atoms with Crippen molar-refractivity contribution in [1.29, 1.82) is 0 Å². The number of amides is 1. The lowest BCUT2D eigenvalue weighted by Gasteiger charge is -2.31. The Hall–Kier alpha value is -0.650. The summed E-state index contributed by atoms with van der Waals surface area (Å²) in [5.74, 6) is -0.323. The Morgan fingerprint density at radius 1 is 1.53 bits per heavy atom. The lowest BCUT2D eigenvalue weighted by atomic mass is 10.0. The van der Waals surface area contributed by atoms with E-state index < -0.39 is 5.54 Å². The zero-order chi connectivity index (χ0) is 13.5. The molecule has 0 aliphatic heterocycles. The van der Waals surface area contributed by atoms with E-state index >= 15 is 0 Å². The van der Waals surface area contributed by atoms with Gasteiger partial charge in [-0.2, -0.15) is 0 Å². The van der Waals surface area contributed by atoms with Gasteiger partial charge >= 0.3 is 0 Å². The average molecular weight is 245 g/mol. The molecule has 17 heavy (non-hydrogen) atoms. The molecule has 0 radical (unpaired) electrons. The van der Waals surface area contributed by atoms with Crippen LogP contribution in [0.25, 0.3) is 0 Å². The van der Waals surface area contributed by atoms with Gasteiger partial charge in [0.1, 0.15) is 5.54 Å². The molecule has 0 bridgehead atoms. The first-order valence-corrected chi connectivity index (χ1v) is 6.17. The summed E-state index contributed by atoms with van der Waals surface area (Å²) in [6.45, 7) is 10.6. The van der Waals surface area contributed by atoms with E-state index in [1.807, 2.05) is 34.7 Å². The van der Waals surface area contributed by atoms with Gasteiger partial charge in [-0.05, 0) is 34.4 Å². The van der Waals surface area contributed by atoms with Crippen LogP contribution >= 0.6 is 0 Å². The Morgan fingerprint density at radius 2 is 2.12 bits per heavy atom. The van der Waals surface area contributed by atoms with Crippen molar-refractivity contribution in [3.63, 3.8) is 0 Å². The Morgan fingerprint density at radius 3 is 2.53 bits per heavy atom. The summed E-state index contributed by atoms with van der Waals surface area (Å²) in [4.78, 5) is 13.5. The molecule has 0 spiro atoms. The van der Waals surface area contributed by atoms with Crippen molar-refractivity contribution in [2.45, 2.75) is 39.3 Å². The Bertz CT molecular complexity index is 234. The van der Waals surface area contributed by atoms with E-state index in [-0.39, 0.29) is 12.0 Å². The van der Waals surface area contributed by atoms with Crippen molar-refractivity contribution in [3.05, 3.63) is 0 Å². The second-order valence-corrected chi connectivity index (χ2v) is 4.88. The molecule has 5 heteroatoms. The van der Waals surface area contributed by atoms with Crippen molar-refractivity contribution in [3.8, 4) is 0 Å². The topological polar surface area (TPSA) is 67.6 Å². The van der Waals surface area contributed by atoms with Crippen LogP contribution in [0, 0.1) is 0 Å². The minimum Gasteiger partial charge on any atom is -0.377 e. The number of carbonyl (C=O) groups is 1. The molecule has 5 nitrogen and oxygen atoms in total. The molecule has 3 N–H and O–H groups in total. The number of nitrogens with zero attached hydrogens (tertiary/aromatic N) is 1. The van der Waals surface area contributed by atoms with Gasteiger partial charge in [-0.1, -0.05) is 6.92 Å². The number of nitrogens with two attached hydrogens (primary N) is 1. The molecule has 0 saturated carbocycles. The molecule has 0 aromatic carbocycles. The van der Waals surface area contributed by atoms with Crippen molar-refractivity contribution >= 4 is 5.91 Å². The second-order valence-electron chi connectivity index (χ2n) is 4.88. The third-order valence-corrected chi connectivity index (χ3v) is 2.62. The first-order chi connectivity index (χ1) is 7.81. The Labute approximate surface area is 105 Å². The van der Waals surface area contributed by atoms with Crippen LogP contribution in [0.15, 0.2) is 0 Å². The molecule has 0 aromatic rings. The van der Waals surface area contributed by atoms with Crippen LogP contribution < -0.4 is 11.1 Å². The molecule has 0 rings (SSSR count). The number of carbonyl (C=O) groups excluding carboxylic acids is 1. The molecule has 0 aliphatic rings. The summed E-state index contributed by atoms with van der Waals surface area (Å²) < 4.78 is 5.47. The van der Waals surface area contributed by atoms with Gasteiger partial charge in [-0.25, -0.2) is 0 Å². The first kappa shape index (κ1) is 16.4. The van der Waals surface area contributed by atoms with Gasteiger partial charge in [0, 0.05) is 13.1 Å². The minimum atomic E-state index is -0.679. The van der Waals surface area contributed by atoms with Crippen molar-refractivity contribution in [2.24, 2.45) is 5.73 Å². The van der Waals surface area contributed by atoms with E-state index in [0.29, 0.717) is 13.2 Å². The highest BCUT2D eigenvalue weighted by atomic mass is 16.5. The van der Waals surface area contributed by atoms with Gasteiger partial charge in [0.25, 0.3) is 0 Å². The van der Waals surface area contributed by atoms with E-state index in [4.69, 9.17) is 10.5 Å². The van der Waals surface area contributed by atoms with Crippen LogP contribution in [-0.4, -0.2) is 55.7 Å². The molecule has 0 aliphatic carbocycles. The molecule has 0 fully saturated rings. The van der Waals surface area contributed by atoms with Gasteiger partial charge in [-0.15, -0.1) is 0 Å². The van der Waals surface area contributed by atoms with E-state index in [9.17, 15) is 4.79 Å². The summed E-state index contributed by atoms with van der Waals surface area (Å²) in [7, 11) is 1.96. The average Bonchev–Trinajstić information content (AvgIpc) is 2.16. The molecular formula is C12H27N3O2. The van der Waals surface area contributed by atoms with E-state index in [1.54, 1.807) is 0 Å². The lowest BCUT2D eigenvalue weighted by molar-refractivity contribution is -0.124. The van der Waals surface area contributed by atoms with E-state index in [2.05, 4.69) is 10.2 Å². The number of primary amides is 1. The predicted octanol–water partition coefficient (Wildman–Crippen LogP) is 0.197. The third-order valence-electron chi connectivity index (χ3n) is 2.62. The second kappa shape index (κ2) is 7.63. The molecule has 1 unspecified atom stereocenters.